The van der Waals surface area contributed by atoms with E-state index in [1.165, 1.54) is 0 Å². The molecule has 0 saturated heterocycles. The second-order valence-electron chi connectivity index (χ2n) is 4.28. The predicted octanol–water partition coefficient (Wildman–Crippen LogP) is 0.944. The van der Waals surface area contributed by atoms with Crippen LogP contribution in [0.4, 0.5) is 0 Å². The molecule has 0 unspecified atom stereocenters. The van der Waals surface area contributed by atoms with Gasteiger partial charge in [-0.2, -0.15) is 0 Å². The van der Waals surface area contributed by atoms with Crippen molar-refractivity contribution in [3.63, 3.8) is 0 Å². The second kappa shape index (κ2) is 2.67. The topological polar surface area (TPSA) is 74.4 Å². The van der Waals surface area contributed by atoms with Crippen LogP contribution < -0.4 is 5.69 Å². The Labute approximate surface area is 80.6 Å². The molecule has 0 saturated carbocycles. The van der Waals surface area contributed by atoms with Crippen molar-refractivity contribution in [2.45, 2.75) is 26.2 Å². The molecular weight excluding hydrogens is 180 g/mol. The maximum absolute atomic E-state index is 11.0. The smallest absolute Gasteiger partial charge is 0.289 e. The van der Waals surface area contributed by atoms with Crippen LogP contribution in [-0.4, -0.2) is 19.9 Å². The lowest BCUT2D eigenvalue weighted by molar-refractivity contribution is 0.568. The van der Waals surface area contributed by atoms with E-state index in [1.807, 2.05) is 20.8 Å². The molecule has 2 heterocycles. The van der Waals surface area contributed by atoms with Crippen molar-refractivity contribution in [3.8, 4) is 0 Å². The molecule has 0 spiro atoms. The fourth-order valence-electron chi connectivity index (χ4n) is 1.18. The summed E-state index contributed by atoms with van der Waals surface area (Å²) in [7, 11) is 0. The molecule has 14 heavy (non-hydrogen) atoms. The Bertz CT molecular complexity index is 517. The first kappa shape index (κ1) is 8.93. The lowest BCUT2D eigenvalue weighted by Gasteiger charge is -2.16. The summed E-state index contributed by atoms with van der Waals surface area (Å²) in [6, 6.07) is 0. The Morgan fingerprint density at radius 2 is 1.86 bits per heavy atom. The summed E-state index contributed by atoms with van der Waals surface area (Å²) in [5, 5.41) is 0. The summed E-state index contributed by atoms with van der Waals surface area (Å²) in [4.78, 5) is 24.5. The SMILES string of the molecule is CC(C)(C)c1cnc2[nH]c(=O)[nH]c2n1. The molecule has 2 aromatic heterocycles. The molecule has 0 atom stereocenters. The van der Waals surface area contributed by atoms with E-state index in [4.69, 9.17) is 0 Å². The highest BCUT2D eigenvalue weighted by Crippen LogP contribution is 2.19. The maximum Gasteiger partial charge on any atom is 0.326 e. The van der Waals surface area contributed by atoms with Gasteiger partial charge in [0.25, 0.3) is 0 Å². The Morgan fingerprint density at radius 3 is 2.50 bits per heavy atom. The van der Waals surface area contributed by atoms with E-state index in [-0.39, 0.29) is 11.1 Å². The zero-order chi connectivity index (χ0) is 10.3. The average Bonchev–Trinajstić information content (AvgIpc) is 2.41. The van der Waals surface area contributed by atoms with Crippen molar-refractivity contribution in [2.75, 3.05) is 0 Å². The molecule has 0 fully saturated rings. The summed E-state index contributed by atoms with van der Waals surface area (Å²) in [6.07, 6.45) is 1.69. The molecule has 0 radical (unpaired) electrons. The van der Waals surface area contributed by atoms with Crippen molar-refractivity contribution in [2.24, 2.45) is 0 Å². The molecule has 2 N–H and O–H groups in total. The summed E-state index contributed by atoms with van der Waals surface area (Å²) in [6.45, 7) is 6.15. The van der Waals surface area contributed by atoms with E-state index in [9.17, 15) is 4.79 Å². The van der Waals surface area contributed by atoms with Crippen LogP contribution >= 0.6 is 0 Å². The van der Waals surface area contributed by atoms with Crippen LogP contribution in [0.1, 0.15) is 26.5 Å². The van der Waals surface area contributed by atoms with E-state index in [0.717, 1.165) is 5.69 Å². The normalized spacial score (nSPS) is 12.2. The Hall–Kier alpha value is -1.65. The second-order valence-corrected chi connectivity index (χ2v) is 4.28. The number of aromatic amines is 2. The average molecular weight is 192 g/mol. The molecule has 5 nitrogen and oxygen atoms in total. The van der Waals surface area contributed by atoms with Crippen LogP contribution in [0.2, 0.25) is 0 Å². The molecule has 0 bridgehead atoms. The first-order valence-corrected chi connectivity index (χ1v) is 4.42. The van der Waals surface area contributed by atoms with Gasteiger partial charge in [0.05, 0.1) is 11.9 Å². The number of hydrogen-bond acceptors (Lipinski definition) is 3. The van der Waals surface area contributed by atoms with Crippen molar-refractivity contribution < 1.29 is 0 Å². The van der Waals surface area contributed by atoms with Gasteiger partial charge in [-0.3, -0.25) is 9.97 Å². The molecule has 0 aromatic carbocycles. The predicted molar refractivity (Wildman–Crippen MR) is 53.2 cm³/mol. The molecule has 2 rings (SSSR count). The quantitative estimate of drug-likeness (QED) is 0.652. The lowest BCUT2D eigenvalue weighted by atomic mass is 9.93. The van der Waals surface area contributed by atoms with Crippen molar-refractivity contribution in [1.29, 1.82) is 0 Å². The van der Waals surface area contributed by atoms with Gasteiger partial charge in [-0.15, -0.1) is 0 Å². The summed E-state index contributed by atoms with van der Waals surface area (Å²) < 4.78 is 0. The molecule has 0 amide bonds. The van der Waals surface area contributed by atoms with Crippen LogP contribution in [0.5, 0.6) is 0 Å². The number of hydrogen-bond donors (Lipinski definition) is 2. The number of imidazole rings is 1. The summed E-state index contributed by atoms with van der Waals surface area (Å²) in [5.74, 6) is 0. The first-order chi connectivity index (χ1) is 6.47. The van der Waals surface area contributed by atoms with Gasteiger partial charge in [0.15, 0.2) is 11.3 Å². The van der Waals surface area contributed by atoms with E-state index < -0.39 is 0 Å². The molecular formula is C9H12N4O. The van der Waals surface area contributed by atoms with E-state index >= 15 is 0 Å². The Balaban J connectivity index is 2.67. The minimum Gasteiger partial charge on any atom is -0.289 e. The largest absolute Gasteiger partial charge is 0.326 e. The Kier molecular flexibility index (Phi) is 1.70. The van der Waals surface area contributed by atoms with E-state index in [0.29, 0.717) is 11.3 Å². The fourth-order valence-corrected chi connectivity index (χ4v) is 1.18. The first-order valence-electron chi connectivity index (χ1n) is 4.42. The summed E-state index contributed by atoms with van der Waals surface area (Å²) in [5.41, 5.74) is 1.55. The minimum atomic E-state index is -0.272. The van der Waals surface area contributed by atoms with Crippen LogP contribution in [-0.2, 0) is 5.41 Å². The van der Waals surface area contributed by atoms with Gasteiger partial charge in [0.2, 0.25) is 0 Å². The molecule has 0 aliphatic heterocycles. The van der Waals surface area contributed by atoms with Crippen molar-refractivity contribution in [3.05, 3.63) is 22.4 Å². The van der Waals surface area contributed by atoms with Crippen LogP contribution in [0.25, 0.3) is 11.3 Å². The highest BCUT2D eigenvalue weighted by atomic mass is 16.1. The minimum absolute atomic E-state index is 0.0602. The molecule has 5 heteroatoms. The van der Waals surface area contributed by atoms with Crippen molar-refractivity contribution >= 4 is 11.3 Å². The number of fused-ring (bicyclic) bond motifs is 1. The van der Waals surface area contributed by atoms with Crippen LogP contribution in [0.15, 0.2) is 11.0 Å². The van der Waals surface area contributed by atoms with Gasteiger partial charge in [0, 0.05) is 5.41 Å². The lowest BCUT2D eigenvalue weighted by Crippen LogP contribution is -2.13. The van der Waals surface area contributed by atoms with Crippen molar-refractivity contribution in [1.82, 2.24) is 19.9 Å². The third-order valence-electron chi connectivity index (χ3n) is 2.00. The van der Waals surface area contributed by atoms with Gasteiger partial charge in [0.1, 0.15) is 0 Å². The number of nitrogens with zero attached hydrogens (tertiary/aromatic N) is 2. The molecule has 0 aliphatic rings. The van der Waals surface area contributed by atoms with Gasteiger partial charge in [-0.1, -0.05) is 20.8 Å². The number of aromatic nitrogens is 4. The van der Waals surface area contributed by atoms with E-state index in [2.05, 4.69) is 19.9 Å². The monoisotopic (exact) mass is 192 g/mol. The van der Waals surface area contributed by atoms with Crippen LogP contribution in [0.3, 0.4) is 0 Å². The summed E-state index contributed by atoms with van der Waals surface area (Å²) >= 11 is 0. The fraction of sp³-hybridized carbons (Fsp3) is 0.444. The number of H-pyrrole nitrogens is 2. The van der Waals surface area contributed by atoms with Gasteiger partial charge >= 0.3 is 5.69 Å². The maximum atomic E-state index is 11.0. The third kappa shape index (κ3) is 1.41. The van der Waals surface area contributed by atoms with E-state index in [1.54, 1.807) is 6.20 Å². The zero-order valence-electron chi connectivity index (χ0n) is 8.38. The van der Waals surface area contributed by atoms with Gasteiger partial charge in [-0.25, -0.2) is 14.8 Å². The Morgan fingerprint density at radius 1 is 1.21 bits per heavy atom. The number of nitrogens with one attached hydrogen (secondary N) is 2. The molecule has 0 aliphatic carbocycles. The highest BCUT2D eigenvalue weighted by molar-refractivity contribution is 5.64. The third-order valence-corrected chi connectivity index (χ3v) is 2.00. The standard InChI is InChI=1S/C9H12N4O/c1-9(2,3)5-4-10-6-7(11-5)13-8(14)12-6/h4H,1-3H3,(H2,10,11,12,13,14). The molecule has 74 valence electrons. The van der Waals surface area contributed by atoms with Gasteiger partial charge in [-0.05, 0) is 0 Å². The molecule has 2 aromatic rings. The van der Waals surface area contributed by atoms with Crippen LogP contribution in [0, 0.1) is 0 Å². The zero-order valence-corrected chi connectivity index (χ0v) is 8.38. The van der Waals surface area contributed by atoms with Gasteiger partial charge < -0.3 is 0 Å². The number of rotatable bonds is 0. The highest BCUT2D eigenvalue weighted by Gasteiger charge is 2.16.